The van der Waals surface area contributed by atoms with Crippen LogP contribution in [0.15, 0.2) is 65.5 Å². The van der Waals surface area contributed by atoms with Crippen LogP contribution in [0.3, 0.4) is 0 Å². The number of halogens is 1. The summed E-state index contributed by atoms with van der Waals surface area (Å²) >= 11 is 6.16. The predicted octanol–water partition coefficient (Wildman–Crippen LogP) is 5.91. The van der Waals surface area contributed by atoms with E-state index in [4.69, 9.17) is 16.3 Å². The van der Waals surface area contributed by atoms with E-state index in [0.717, 1.165) is 41.6 Å². The van der Waals surface area contributed by atoms with Crippen molar-refractivity contribution in [1.29, 1.82) is 0 Å². The summed E-state index contributed by atoms with van der Waals surface area (Å²) in [7, 11) is 0. The number of H-pyrrole nitrogens is 1. The number of carbonyl (C=O) groups is 1. The van der Waals surface area contributed by atoms with Crippen LogP contribution < -0.4 is 10.7 Å². The normalized spacial score (nSPS) is 15.0. The Morgan fingerprint density at radius 3 is 2.37 bits per heavy atom. The highest BCUT2D eigenvalue weighted by Gasteiger charge is 2.41. The van der Waals surface area contributed by atoms with Crippen LogP contribution in [-0.4, -0.2) is 26.3 Å². The quantitative estimate of drug-likeness (QED) is 0.372. The average molecular weight is 491 g/mol. The minimum Gasteiger partial charge on any atom is -0.444 e. The third kappa shape index (κ3) is 4.44. The summed E-state index contributed by atoms with van der Waals surface area (Å²) in [6.07, 6.45) is 2.32. The summed E-state index contributed by atoms with van der Waals surface area (Å²) in [6.45, 7) is 5.56. The van der Waals surface area contributed by atoms with Crippen LogP contribution in [0.5, 0.6) is 0 Å². The highest BCUT2D eigenvalue weighted by molar-refractivity contribution is 6.29. The van der Waals surface area contributed by atoms with Gasteiger partial charge in [-0.2, -0.15) is 0 Å². The maximum Gasteiger partial charge on any atom is 0.408 e. The van der Waals surface area contributed by atoms with E-state index in [9.17, 15) is 9.59 Å². The third-order valence-corrected chi connectivity index (χ3v) is 6.47. The van der Waals surface area contributed by atoms with Gasteiger partial charge in [-0.15, -0.1) is 0 Å². The van der Waals surface area contributed by atoms with Crippen LogP contribution in [0.4, 0.5) is 4.79 Å². The third-order valence-electron chi connectivity index (χ3n) is 6.28. The zero-order valence-corrected chi connectivity index (χ0v) is 20.6. The molecule has 0 unspecified atom stereocenters. The SMILES string of the molecule is CC(C)(C)OC(=O)NC1(c2ccc(-c3nc4c(=O)cc(Cl)[nH]n4c3-c3ccccc3)cc2)CCC1. The predicted molar refractivity (Wildman–Crippen MR) is 137 cm³/mol. The molecule has 2 heterocycles. The molecule has 5 rings (SSSR count). The first-order valence-corrected chi connectivity index (χ1v) is 12.0. The molecular formula is C27H27ClN4O3. The van der Waals surface area contributed by atoms with Gasteiger partial charge in [0.05, 0.1) is 16.9 Å². The second-order valence-electron chi connectivity index (χ2n) is 9.94. The number of imidazole rings is 1. The molecule has 4 aromatic rings. The Morgan fingerprint density at radius 2 is 1.77 bits per heavy atom. The second-order valence-corrected chi connectivity index (χ2v) is 10.3. The van der Waals surface area contributed by atoms with E-state index in [0.29, 0.717) is 5.69 Å². The summed E-state index contributed by atoms with van der Waals surface area (Å²) in [4.78, 5) is 29.8. The molecule has 1 saturated carbocycles. The van der Waals surface area contributed by atoms with E-state index in [2.05, 4.69) is 15.4 Å². The summed E-state index contributed by atoms with van der Waals surface area (Å²) in [5.41, 5.74) is 3.20. The molecule has 2 aromatic heterocycles. The van der Waals surface area contributed by atoms with E-state index in [1.807, 2.05) is 75.4 Å². The van der Waals surface area contributed by atoms with Crippen molar-refractivity contribution in [1.82, 2.24) is 19.9 Å². The van der Waals surface area contributed by atoms with Gasteiger partial charge >= 0.3 is 6.09 Å². The molecule has 0 bridgehead atoms. The van der Waals surface area contributed by atoms with Gasteiger partial charge in [-0.3, -0.25) is 9.89 Å². The van der Waals surface area contributed by atoms with E-state index >= 15 is 0 Å². The lowest BCUT2D eigenvalue weighted by molar-refractivity contribution is 0.0377. The number of amides is 1. The molecule has 0 atom stereocenters. The van der Waals surface area contributed by atoms with Gasteiger partial charge in [-0.25, -0.2) is 14.3 Å². The van der Waals surface area contributed by atoms with Crippen molar-refractivity contribution in [2.45, 2.75) is 51.2 Å². The topological polar surface area (TPSA) is 88.5 Å². The summed E-state index contributed by atoms with van der Waals surface area (Å²) < 4.78 is 7.14. The summed E-state index contributed by atoms with van der Waals surface area (Å²) in [5.74, 6) is 0. The fourth-order valence-electron chi connectivity index (χ4n) is 4.54. The van der Waals surface area contributed by atoms with Crippen molar-refractivity contribution in [2.75, 3.05) is 0 Å². The lowest BCUT2D eigenvalue weighted by Crippen LogP contribution is -2.52. The van der Waals surface area contributed by atoms with E-state index in [1.165, 1.54) is 6.07 Å². The van der Waals surface area contributed by atoms with Crippen LogP contribution in [0.2, 0.25) is 5.15 Å². The van der Waals surface area contributed by atoms with Gasteiger partial charge in [-0.1, -0.05) is 66.2 Å². The Kier molecular flexibility index (Phi) is 5.68. The maximum absolute atomic E-state index is 12.6. The maximum atomic E-state index is 12.6. The van der Waals surface area contributed by atoms with Crippen LogP contribution in [0, 0.1) is 0 Å². The van der Waals surface area contributed by atoms with Gasteiger partial charge in [-0.05, 0) is 45.6 Å². The highest BCUT2D eigenvalue weighted by Crippen LogP contribution is 2.42. The zero-order chi connectivity index (χ0) is 24.8. The smallest absolute Gasteiger partial charge is 0.408 e. The van der Waals surface area contributed by atoms with Crippen molar-refractivity contribution in [3.05, 3.63) is 81.6 Å². The van der Waals surface area contributed by atoms with Crippen molar-refractivity contribution in [3.63, 3.8) is 0 Å². The lowest BCUT2D eigenvalue weighted by Gasteiger charge is -2.43. The first kappa shape index (κ1) is 23.2. The van der Waals surface area contributed by atoms with Crippen molar-refractivity contribution in [2.24, 2.45) is 0 Å². The number of aromatic nitrogens is 3. The fraction of sp³-hybridized carbons (Fsp3) is 0.296. The first-order chi connectivity index (χ1) is 16.7. The van der Waals surface area contributed by atoms with E-state index < -0.39 is 17.2 Å². The molecule has 0 aliphatic heterocycles. The molecule has 1 aliphatic rings. The fourth-order valence-corrected chi connectivity index (χ4v) is 4.72. The number of fused-ring (bicyclic) bond motifs is 1. The van der Waals surface area contributed by atoms with Gasteiger partial charge in [0.25, 0.3) is 0 Å². The van der Waals surface area contributed by atoms with Crippen LogP contribution in [0.25, 0.3) is 28.2 Å². The minimum atomic E-state index is -0.559. The number of alkyl carbamates (subject to hydrolysis) is 1. The van der Waals surface area contributed by atoms with Crippen LogP contribution >= 0.6 is 11.6 Å². The molecule has 0 spiro atoms. The lowest BCUT2D eigenvalue weighted by atomic mass is 9.71. The largest absolute Gasteiger partial charge is 0.444 e. The molecule has 2 N–H and O–H groups in total. The molecule has 8 heteroatoms. The van der Waals surface area contributed by atoms with Gasteiger partial charge in [0.2, 0.25) is 11.1 Å². The van der Waals surface area contributed by atoms with Gasteiger partial charge in [0.1, 0.15) is 10.8 Å². The molecule has 35 heavy (non-hydrogen) atoms. The number of ether oxygens (including phenoxy) is 1. The van der Waals surface area contributed by atoms with Gasteiger partial charge in [0, 0.05) is 17.2 Å². The Bertz CT molecular complexity index is 1450. The average Bonchev–Trinajstić information content (AvgIpc) is 3.15. The number of rotatable bonds is 4. The highest BCUT2D eigenvalue weighted by atomic mass is 35.5. The van der Waals surface area contributed by atoms with E-state index in [1.54, 1.807) is 4.52 Å². The number of nitrogens with zero attached hydrogens (tertiary/aromatic N) is 2. The summed E-state index contributed by atoms with van der Waals surface area (Å²) in [6, 6.07) is 19.1. The molecule has 1 fully saturated rings. The molecule has 0 saturated heterocycles. The van der Waals surface area contributed by atoms with E-state index in [-0.39, 0.29) is 16.2 Å². The van der Waals surface area contributed by atoms with Crippen LogP contribution in [-0.2, 0) is 10.3 Å². The molecular weight excluding hydrogens is 464 g/mol. The molecule has 180 valence electrons. The zero-order valence-electron chi connectivity index (χ0n) is 19.9. The Balaban J connectivity index is 1.55. The molecule has 1 aliphatic carbocycles. The van der Waals surface area contributed by atoms with Crippen LogP contribution in [0.1, 0.15) is 45.6 Å². The molecule has 1 amide bonds. The van der Waals surface area contributed by atoms with Crippen molar-refractivity contribution < 1.29 is 9.53 Å². The standard InChI is InChI=1S/C27H27ClN4O3/c1-26(2,3)35-25(34)30-27(14-7-15-27)19-12-10-17(11-13-19)22-23(18-8-5-4-6-9-18)32-24(29-22)20(33)16-21(28)31-32/h4-6,8-13,16,31H,7,14-15H2,1-3H3,(H,30,34). The number of hydrogen-bond acceptors (Lipinski definition) is 4. The number of nitrogens with one attached hydrogen (secondary N) is 2. The monoisotopic (exact) mass is 490 g/mol. The number of benzene rings is 2. The second kappa shape index (κ2) is 8.57. The Morgan fingerprint density at radius 1 is 1.09 bits per heavy atom. The molecule has 0 radical (unpaired) electrons. The Hall–Kier alpha value is -3.58. The minimum absolute atomic E-state index is 0.235. The first-order valence-electron chi connectivity index (χ1n) is 11.6. The van der Waals surface area contributed by atoms with Crippen molar-refractivity contribution >= 4 is 23.3 Å². The number of carbonyl (C=O) groups excluding carboxylic acids is 1. The van der Waals surface area contributed by atoms with Crippen molar-refractivity contribution in [3.8, 4) is 22.5 Å². The summed E-state index contributed by atoms with van der Waals surface area (Å²) in [5, 5.41) is 6.37. The molecule has 2 aromatic carbocycles. The Labute approximate surface area is 208 Å². The number of hydrogen-bond donors (Lipinski definition) is 2. The number of aromatic amines is 1. The van der Waals surface area contributed by atoms with Gasteiger partial charge < -0.3 is 10.1 Å². The van der Waals surface area contributed by atoms with Gasteiger partial charge in [0.15, 0.2) is 0 Å². The molecule has 7 nitrogen and oxygen atoms in total.